The number of carbonyl (C=O) groups is 1. The van der Waals surface area contributed by atoms with Crippen molar-refractivity contribution in [1.82, 2.24) is 0 Å². The fourth-order valence-electron chi connectivity index (χ4n) is 2.40. The molecule has 0 aliphatic heterocycles. The predicted octanol–water partition coefficient (Wildman–Crippen LogP) is 3.79. The Balaban J connectivity index is 1.80. The molecule has 4 heteroatoms. The van der Waals surface area contributed by atoms with Crippen LogP contribution in [0.25, 0.3) is 0 Å². The third kappa shape index (κ3) is 5.17. The van der Waals surface area contributed by atoms with E-state index in [1.165, 1.54) is 30.6 Å². The first kappa shape index (κ1) is 15.4. The van der Waals surface area contributed by atoms with Crippen LogP contribution in [0.4, 0.5) is 5.69 Å². The third-order valence-electron chi connectivity index (χ3n) is 3.57. The van der Waals surface area contributed by atoms with E-state index in [-0.39, 0.29) is 11.9 Å². The molecule has 1 aromatic carbocycles. The fourth-order valence-corrected chi connectivity index (χ4v) is 3.64. The van der Waals surface area contributed by atoms with Crippen molar-refractivity contribution in [2.24, 2.45) is 5.73 Å². The van der Waals surface area contributed by atoms with Crippen LogP contribution in [-0.2, 0) is 4.79 Å². The Morgan fingerprint density at radius 2 is 2.00 bits per heavy atom. The van der Waals surface area contributed by atoms with Gasteiger partial charge in [0.05, 0.1) is 0 Å². The predicted molar refractivity (Wildman–Crippen MR) is 86.1 cm³/mol. The molecule has 0 aromatic heterocycles. The number of nitrogens with one attached hydrogen (secondary N) is 1. The van der Waals surface area contributed by atoms with Crippen LogP contribution < -0.4 is 11.1 Å². The Morgan fingerprint density at radius 3 is 2.60 bits per heavy atom. The minimum absolute atomic E-state index is 0.0403. The lowest BCUT2D eigenvalue weighted by Gasteiger charge is -2.10. The standard InChI is InChI=1S/C16H24N2OS/c1-12(17)6-11-16(19)18-13-7-9-15(10-8-13)20-14-4-2-3-5-14/h7-10,12,14H,2-6,11,17H2,1H3,(H,18,19). The molecule has 1 aromatic rings. The number of hydrogen-bond acceptors (Lipinski definition) is 3. The van der Waals surface area contributed by atoms with Crippen LogP contribution in [0.5, 0.6) is 0 Å². The van der Waals surface area contributed by atoms with Crippen molar-refractivity contribution >= 4 is 23.4 Å². The zero-order chi connectivity index (χ0) is 14.4. The van der Waals surface area contributed by atoms with Gasteiger partial charge in [-0.05, 0) is 50.5 Å². The van der Waals surface area contributed by atoms with Crippen molar-refractivity contribution < 1.29 is 4.79 Å². The number of carbonyl (C=O) groups excluding carboxylic acids is 1. The highest BCUT2D eigenvalue weighted by atomic mass is 32.2. The van der Waals surface area contributed by atoms with Crippen LogP contribution in [0, 0.1) is 0 Å². The van der Waals surface area contributed by atoms with Crippen molar-refractivity contribution in [1.29, 1.82) is 0 Å². The molecule has 20 heavy (non-hydrogen) atoms. The van der Waals surface area contributed by atoms with Crippen molar-refractivity contribution in [3.63, 3.8) is 0 Å². The van der Waals surface area contributed by atoms with Crippen LogP contribution in [0.3, 0.4) is 0 Å². The van der Waals surface area contributed by atoms with E-state index in [2.05, 4.69) is 17.4 Å². The number of benzene rings is 1. The number of hydrogen-bond donors (Lipinski definition) is 2. The molecule has 3 N–H and O–H groups in total. The first-order chi connectivity index (χ1) is 9.63. The van der Waals surface area contributed by atoms with Gasteiger partial charge in [-0.25, -0.2) is 0 Å². The smallest absolute Gasteiger partial charge is 0.224 e. The molecule has 0 radical (unpaired) electrons. The lowest BCUT2D eigenvalue weighted by Crippen LogP contribution is -2.19. The van der Waals surface area contributed by atoms with Crippen molar-refractivity contribution in [2.75, 3.05) is 5.32 Å². The number of amides is 1. The Hall–Kier alpha value is -1.00. The summed E-state index contributed by atoms with van der Waals surface area (Å²) in [7, 11) is 0. The van der Waals surface area contributed by atoms with Gasteiger partial charge in [-0.1, -0.05) is 12.8 Å². The van der Waals surface area contributed by atoms with E-state index >= 15 is 0 Å². The molecule has 1 aliphatic rings. The largest absolute Gasteiger partial charge is 0.328 e. The highest BCUT2D eigenvalue weighted by molar-refractivity contribution is 8.00. The Kier molecular flexibility index (Phi) is 5.92. The molecule has 0 bridgehead atoms. The molecular weight excluding hydrogens is 268 g/mol. The van der Waals surface area contributed by atoms with Crippen molar-refractivity contribution in [3.05, 3.63) is 24.3 Å². The minimum atomic E-state index is 0.0403. The van der Waals surface area contributed by atoms with Gasteiger partial charge >= 0.3 is 0 Å². The molecule has 1 amide bonds. The normalized spacial score (nSPS) is 17.1. The average Bonchev–Trinajstić information content (AvgIpc) is 2.92. The van der Waals surface area contributed by atoms with E-state index in [1.807, 2.05) is 30.8 Å². The van der Waals surface area contributed by atoms with Gasteiger partial charge in [-0.15, -0.1) is 11.8 Å². The molecule has 1 aliphatic carbocycles. The van der Waals surface area contributed by atoms with E-state index in [0.29, 0.717) is 6.42 Å². The minimum Gasteiger partial charge on any atom is -0.328 e. The van der Waals surface area contributed by atoms with Crippen LogP contribution in [-0.4, -0.2) is 17.2 Å². The maximum Gasteiger partial charge on any atom is 0.224 e. The maximum atomic E-state index is 11.7. The van der Waals surface area contributed by atoms with Crippen LogP contribution in [0.1, 0.15) is 45.4 Å². The lowest BCUT2D eigenvalue weighted by molar-refractivity contribution is -0.116. The van der Waals surface area contributed by atoms with Gasteiger partial charge in [0.2, 0.25) is 5.91 Å². The van der Waals surface area contributed by atoms with E-state index < -0.39 is 0 Å². The maximum absolute atomic E-state index is 11.7. The average molecular weight is 292 g/mol. The molecule has 1 saturated carbocycles. The summed E-state index contributed by atoms with van der Waals surface area (Å²) < 4.78 is 0. The second-order valence-corrected chi connectivity index (χ2v) is 6.99. The Labute approximate surface area is 125 Å². The molecule has 1 fully saturated rings. The summed E-state index contributed by atoms with van der Waals surface area (Å²) in [4.78, 5) is 13.0. The number of nitrogens with two attached hydrogens (primary N) is 1. The molecular formula is C16H24N2OS. The summed E-state index contributed by atoms with van der Waals surface area (Å²) in [5.41, 5.74) is 6.52. The zero-order valence-corrected chi connectivity index (χ0v) is 12.9. The summed E-state index contributed by atoms with van der Waals surface area (Å²) in [5, 5.41) is 3.69. The van der Waals surface area contributed by atoms with Crippen LogP contribution in [0.15, 0.2) is 29.2 Å². The van der Waals surface area contributed by atoms with Crippen LogP contribution in [0.2, 0.25) is 0 Å². The molecule has 2 rings (SSSR count). The summed E-state index contributed by atoms with van der Waals surface area (Å²) in [5.74, 6) is 0.0403. The summed E-state index contributed by atoms with van der Waals surface area (Å²) >= 11 is 1.96. The number of thioether (sulfide) groups is 1. The quantitative estimate of drug-likeness (QED) is 0.838. The second-order valence-electron chi connectivity index (χ2n) is 5.61. The number of rotatable bonds is 6. The monoisotopic (exact) mass is 292 g/mol. The summed E-state index contributed by atoms with van der Waals surface area (Å²) in [6.45, 7) is 1.92. The van der Waals surface area contributed by atoms with Gasteiger partial charge in [-0.2, -0.15) is 0 Å². The third-order valence-corrected chi connectivity index (χ3v) is 4.92. The van der Waals surface area contributed by atoms with E-state index in [9.17, 15) is 4.79 Å². The fraction of sp³-hybridized carbons (Fsp3) is 0.562. The van der Waals surface area contributed by atoms with Gasteiger partial charge in [0.25, 0.3) is 0 Å². The van der Waals surface area contributed by atoms with Crippen molar-refractivity contribution in [3.8, 4) is 0 Å². The molecule has 0 spiro atoms. The number of anilines is 1. The van der Waals surface area contributed by atoms with E-state index in [4.69, 9.17) is 5.73 Å². The van der Waals surface area contributed by atoms with Gasteiger partial charge in [0, 0.05) is 28.3 Å². The Bertz CT molecular complexity index is 425. The van der Waals surface area contributed by atoms with Gasteiger partial charge in [-0.3, -0.25) is 4.79 Å². The van der Waals surface area contributed by atoms with E-state index in [0.717, 1.165) is 17.4 Å². The van der Waals surface area contributed by atoms with Crippen molar-refractivity contribution in [2.45, 2.75) is 61.6 Å². The summed E-state index contributed by atoms with van der Waals surface area (Å²) in [6.07, 6.45) is 6.61. The first-order valence-corrected chi connectivity index (χ1v) is 8.33. The van der Waals surface area contributed by atoms with Gasteiger partial charge < -0.3 is 11.1 Å². The molecule has 0 heterocycles. The SMILES string of the molecule is CC(N)CCC(=O)Nc1ccc(SC2CCCC2)cc1. The summed E-state index contributed by atoms with van der Waals surface area (Å²) in [6, 6.07) is 8.25. The topological polar surface area (TPSA) is 55.1 Å². The van der Waals surface area contributed by atoms with Crippen LogP contribution >= 0.6 is 11.8 Å². The molecule has 1 atom stereocenters. The highest BCUT2D eigenvalue weighted by Gasteiger charge is 2.15. The molecule has 110 valence electrons. The first-order valence-electron chi connectivity index (χ1n) is 7.45. The van der Waals surface area contributed by atoms with E-state index in [1.54, 1.807) is 0 Å². The zero-order valence-electron chi connectivity index (χ0n) is 12.1. The molecule has 3 nitrogen and oxygen atoms in total. The molecule has 1 unspecified atom stereocenters. The highest BCUT2D eigenvalue weighted by Crippen LogP contribution is 2.34. The van der Waals surface area contributed by atoms with Gasteiger partial charge in [0.15, 0.2) is 0 Å². The Morgan fingerprint density at radius 1 is 1.35 bits per heavy atom. The lowest BCUT2D eigenvalue weighted by atomic mass is 10.2. The second kappa shape index (κ2) is 7.70. The molecule has 0 saturated heterocycles. The van der Waals surface area contributed by atoms with Gasteiger partial charge in [0.1, 0.15) is 0 Å².